The Balaban J connectivity index is 2.33. The molecule has 1 aliphatic carbocycles. The summed E-state index contributed by atoms with van der Waals surface area (Å²) in [5.41, 5.74) is 6.02. The minimum absolute atomic E-state index is 0.0216. The highest BCUT2D eigenvalue weighted by atomic mass is 79.9. The summed E-state index contributed by atoms with van der Waals surface area (Å²) in [6.45, 7) is -1.99. The van der Waals surface area contributed by atoms with Gasteiger partial charge < -0.3 is 16.2 Å². The van der Waals surface area contributed by atoms with Gasteiger partial charge in [-0.05, 0) is 59.3 Å². The van der Waals surface area contributed by atoms with E-state index in [2.05, 4.69) is 37.2 Å². The largest absolute Gasteiger partial charge is 0.398 e. The summed E-state index contributed by atoms with van der Waals surface area (Å²) >= 11 is 6.34. The normalized spacial score (nSPS) is 28.2. The lowest BCUT2D eigenvalue weighted by Gasteiger charge is -2.26. The van der Waals surface area contributed by atoms with Crippen LogP contribution < -0.4 is 11.1 Å². The predicted molar refractivity (Wildman–Crippen MR) is 81.4 cm³/mol. The average Bonchev–Trinajstić information content (AvgIpc) is 2.45. The minimum atomic E-state index is -1.99. The molecule has 1 aromatic carbocycles. The van der Waals surface area contributed by atoms with Crippen molar-refractivity contribution < 1.29 is 10.6 Å². The van der Waals surface area contributed by atoms with Crippen molar-refractivity contribution in [3.63, 3.8) is 0 Å². The lowest BCUT2D eigenvalue weighted by atomic mass is 9.93. The topological polar surface area (TPSA) is 58.3 Å². The average molecular weight is 382 g/mol. The minimum Gasteiger partial charge on any atom is -0.398 e. The highest BCUT2D eigenvalue weighted by Gasteiger charge is 2.19. The number of nitrogens with two attached hydrogens (primary N) is 1. The van der Waals surface area contributed by atoms with E-state index in [0.29, 0.717) is 25.7 Å². The summed E-state index contributed by atoms with van der Waals surface area (Å²) in [4.78, 5) is 0. The molecule has 1 aromatic rings. The third-order valence-corrected chi connectivity index (χ3v) is 4.08. The number of nitrogen functional groups attached to an aromatic ring is 1. The summed E-state index contributed by atoms with van der Waals surface area (Å²) in [6, 6.07) is -0.174. The molecular weight excluding hydrogens is 360 g/mol. The lowest BCUT2D eigenvalue weighted by molar-refractivity contribution is 0.116. The molecule has 0 atom stereocenters. The Morgan fingerprint density at radius 3 is 2.72 bits per heavy atom. The van der Waals surface area contributed by atoms with Crippen LogP contribution in [0.25, 0.3) is 0 Å². The third-order valence-electron chi connectivity index (χ3n) is 3.06. The number of halogens is 2. The summed E-state index contributed by atoms with van der Waals surface area (Å²) in [5.74, 6) is 0. The first-order valence-corrected chi connectivity index (χ1v) is 7.43. The quantitative estimate of drug-likeness (QED) is 0.704. The monoisotopic (exact) mass is 380 g/mol. The van der Waals surface area contributed by atoms with Gasteiger partial charge in [-0.2, -0.15) is 0 Å². The van der Waals surface area contributed by atoms with Crippen molar-refractivity contribution in [2.24, 2.45) is 0 Å². The van der Waals surface area contributed by atoms with Crippen LogP contribution >= 0.6 is 31.9 Å². The van der Waals surface area contributed by atoms with Gasteiger partial charge >= 0.3 is 0 Å². The van der Waals surface area contributed by atoms with Gasteiger partial charge in [0.25, 0.3) is 0 Å². The number of rotatable bonds is 3. The Morgan fingerprint density at radius 1 is 1.39 bits per heavy atom. The zero-order valence-electron chi connectivity index (χ0n) is 13.8. The maximum atomic E-state index is 9.53. The fourth-order valence-electron chi connectivity index (χ4n) is 1.97. The van der Waals surface area contributed by atoms with Crippen molar-refractivity contribution in [3.8, 4) is 0 Å². The van der Waals surface area contributed by atoms with Crippen LogP contribution in [-0.2, 0) is 6.50 Å². The van der Waals surface area contributed by atoms with E-state index in [4.69, 9.17) is 11.2 Å². The van der Waals surface area contributed by atoms with E-state index in [9.17, 15) is 5.11 Å². The second kappa shape index (κ2) is 6.37. The fourth-order valence-corrected chi connectivity index (χ4v) is 3.03. The molecule has 0 aromatic heterocycles. The van der Waals surface area contributed by atoms with Gasteiger partial charge in [-0.1, -0.05) is 15.9 Å². The van der Waals surface area contributed by atoms with Crippen molar-refractivity contribution >= 4 is 37.5 Å². The number of aliphatic hydroxyl groups excluding tert-OH is 1. The molecule has 2 rings (SSSR count). The van der Waals surface area contributed by atoms with Gasteiger partial charge in [-0.3, -0.25) is 0 Å². The van der Waals surface area contributed by atoms with E-state index >= 15 is 0 Å². The molecule has 1 saturated carbocycles. The zero-order valence-corrected chi connectivity index (χ0v) is 12.9. The van der Waals surface area contributed by atoms with Crippen molar-refractivity contribution in [1.29, 1.82) is 0 Å². The molecule has 0 amide bonds. The lowest BCUT2D eigenvalue weighted by Crippen LogP contribution is -2.34. The van der Waals surface area contributed by atoms with Gasteiger partial charge in [-0.25, -0.2) is 0 Å². The van der Waals surface area contributed by atoms with Crippen molar-refractivity contribution in [2.45, 2.75) is 44.3 Å². The van der Waals surface area contributed by atoms with Gasteiger partial charge in [0.2, 0.25) is 0 Å². The molecule has 5 heteroatoms. The molecule has 1 fully saturated rings. The molecule has 0 heterocycles. The maximum absolute atomic E-state index is 9.53. The van der Waals surface area contributed by atoms with Crippen LogP contribution in [0.15, 0.2) is 21.0 Å². The molecule has 100 valence electrons. The van der Waals surface area contributed by atoms with E-state index in [0.717, 1.165) is 0 Å². The molecular formula is C13H18Br2N2O. The van der Waals surface area contributed by atoms with E-state index in [1.807, 2.05) is 0 Å². The second-order valence-electron chi connectivity index (χ2n) is 4.44. The molecule has 0 saturated heterocycles. The van der Waals surface area contributed by atoms with E-state index in [1.165, 1.54) is 0 Å². The Hall–Kier alpha value is -0.100. The number of benzene rings is 1. The molecule has 3 nitrogen and oxygen atoms in total. The Morgan fingerprint density at radius 2 is 2.06 bits per heavy atom. The van der Waals surface area contributed by atoms with Crippen LogP contribution in [0, 0.1) is 0 Å². The van der Waals surface area contributed by atoms with Gasteiger partial charge in [0, 0.05) is 24.2 Å². The number of anilines is 1. The molecule has 0 unspecified atom stereocenters. The van der Waals surface area contributed by atoms with Crippen LogP contribution in [0.1, 0.15) is 36.7 Å². The number of hydrogen-bond acceptors (Lipinski definition) is 3. The van der Waals surface area contributed by atoms with Crippen LogP contribution in [-0.4, -0.2) is 17.3 Å². The maximum Gasteiger partial charge on any atom is 0.0647 e. The molecule has 0 aliphatic heterocycles. The highest BCUT2D eigenvalue weighted by molar-refractivity contribution is 9.11. The van der Waals surface area contributed by atoms with Crippen LogP contribution in [0.3, 0.4) is 0 Å². The SMILES string of the molecule is [2H]c1c(Br)c([2H])c(C([2H])([2H])NC2CCC(O)CC2)c(N)c1Br. The zero-order chi connectivity index (χ0) is 16.7. The van der Waals surface area contributed by atoms with Gasteiger partial charge in [0.15, 0.2) is 0 Å². The Kier molecular flexibility index (Phi) is 3.45. The number of hydrogen-bond donors (Lipinski definition) is 3. The van der Waals surface area contributed by atoms with Gasteiger partial charge in [0.1, 0.15) is 0 Å². The van der Waals surface area contributed by atoms with Crippen LogP contribution in [0.5, 0.6) is 0 Å². The van der Waals surface area contributed by atoms with Gasteiger partial charge in [0.05, 0.1) is 14.5 Å². The Bertz CT molecular complexity index is 549. The first-order valence-electron chi connectivity index (χ1n) is 7.85. The fraction of sp³-hybridized carbons (Fsp3) is 0.538. The summed E-state index contributed by atoms with van der Waals surface area (Å²) in [7, 11) is 0. The number of nitrogens with one attached hydrogen (secondary N) is 1. The third kappa shape index (κ3) is 3.70. The first-order chi connectivity index (χ1) is 10.1. The molecule has 0 bridgehead atoms. The molecule has 4 N–H and O–H groups in total. The molecule has 1 aliphatic rings. The number of aliphatic hydroxyl groups is 1. The van der Waals surface area contributed by atoms with Crippen molar-refractivity contribution in [1.82, 2.24) is 5.32 Å². The molecule has 18 heavy (non-hydrogen) atoms. The van der Waals surface area contributed by atoms with Crippen molar-refractivity contribution in [2.75, 3.05) is 5.73 Å². The standard InChI is InChI=1S/C13H18Br2N2O/c14-9-5-8(13(16)12(15)6-9)7-17-10-1-3-11(18)4-2-10/h5-6,10-11,17-18H,1-4,7,16H2/i5D,6D,7D2. The molecule has 0 spiro atoms. The highest BCUT2D eigenvalue weighted by Crippen LogP contribution is 2.28. The summed E-state index contributed by atoms with van der Waals surface area (Å²) < 4.78 is 33.0. The van der Waals surface area contributed by atoms with Crippen LogP contribution in [0.4, 0.5) is 5.69 Å². The smallest absolute Gasteiger partial charge is 0.0647 e. The van der Waals surface area contributed by atoms with E-state index in [1.54, 1.807) is 0 Å². The predicted octanol–water partition coefficient (Wildman–Crippen LogP) is 3.19. The van der Waals surface area contributed by atoms with Gasteiger partial charge in [-0.15, -0.1) is 0 Å². The van der Waals surface area contributed by atoms with E-state index < -0.39 is 6.50 Å². The molecule has 0 radical (unpaired) electrons. The summed E-state index contributed by atoms with van der Waals surface area (Å²) in [6.07, 6.45) is 2.30. The van der Waals surface area contributed by atoms with Crippen molar-refractivity contribution in [3.05, 3.63) is 26.6 Å². The van der Waals surface area contributed by atoms with Crippen LogP contribution in [0.2, 0.25) is 0 Å². The first kappa shape index (κ1) is 9.75. The Labute approximate surface area is 130 Å². The second-order valence-corrected chi connectivity index (χ2v) is 6.03. The summed E-state index contributed by atoms with van der Waals surface area (Å²) in [5, 5.41) is 12.4. The van der Waals surface area contributed by atoms with E-state index in [-0.39, 0.29) is 44.4 Å².